The van der Waals surface area contributed by atoms with Gasteiger partial charge in [0.25, 0.3) is 0 Å². The maximum absolute atomic E-state index is 12.8. The van der Waals surface area contributed by atoms with Gasteiger partial charge in [0, 0.05) is 6.54 Å². The van der Waals surface area contributed by atoms with Crippen LogP contribution >= 0.6 is 0 Å². The molecule has 1 N–H and O–H groups in total. The van der Waals surface area contributed by atoms with Crippen molar-refractivity contribution in [1.82, 2.24) is 5.32 Å². The van der Waals surface area contributed by atoms with E-state index in [-0.39, 0.29) is 11.9 Å². The first-order valence-corrected chi connectivity index (χ1v) is 7.52. The molecular weight excluding hydrogens is 252 g/mol. The molecular formula is C16H22N2O2. The van der Waals surface area contributed by atoms with Crippen molar-refractivity contribution in [1.29, 1.82) is 0 Å². The first-order chi connectivity index (χ1) is 9.81. The lowest BCUT2D eigenvalue weighted by atomic mass is 9.98. The largest absolute Gasteiger partial charge is 0.495 e. The first kappa shape index (κ1) is 13.4. The molecule has 0 bridgehead atoms. The van der Waals surface area contributed by atoms with Crippen LogP contribution in [0, 0.1) is 0 Å². The standard InChI is InChI=1S/C16H22N2O2/c1-20-14-9-4-6-12-7-5-11-18(15(12)14)16(19)13-8-2-3-10-17-13/h4,6,9,13,17H,2-3,5,7-8,10-11H2,1H3. The fourth-order valence-corrected chi connectivity index (χ4v) is 3.25. The maximum atomic E-state index is 12.8. The smallest absolute Gasteiger partial charge is 0.244 e. The number of methoxy groups -OCH3 is 1. The molecule has 0 aromatic heterocycles. The summed E-state index contributed by atoms with van der Waals surface area (Å²) < 4.78 is 5.47. The zero-order valence-electron chi connectivity index (χ0n) is 12.0. The van der Waals surface area contributed by atoms with Gasteiger partial charge in [0.15, 0.2) is 0 Å². The summed E-state index contributed by atoms with van der Waals surface area (Å²) in [5.41, 5.74) is 2.21. The minimum absolute atomic E-state index is 0.0281. The zero-order chi connectivity index (χ0) is 13.9. The van der Waals surface area contributed by atoms with Gasteiger partial charge in [-0.2, -0.15) is 0 Å². The van der Waals surface area contributed by atoms with Crippen LogP contribution in [0.1, 0.15) is 31.2 Å². The highest BCUT2D eigenvalue weighted by molar-refractivity contribution is 5.99. The lowest BCUT2D eigenvalue weighted by Crippen LogP contribution is -2.50. The van der Waals surface area contributed by atoms with Crippen LogP contribution in [0.2, 0.25) is 0 Å². The van der Waals surface area contributed by atoms with Gasteiger partial charge in [-0.25, -0.2) is 0 Å². The number of aryl methyl sites for hydroxylation is 1. The van der Waals surface area contributed by atoms with Crippen LogP contribution in [-0.4, -0.2) is 32.1 Å². The molecule has 2 aliphatic rings. The molecule has 0 saturated carbocycles. The van der Waals surface area contributed by atoms with Crippen LogP contribution in [0.3, 0.4) is 0 Å². The molecule has 1 fully saturated rings. The summed E-state index contributed by atoms with van der Waals surface area (Å²) in [4.78, 5) is 14.7. The minimum atomic E-state index is -0.0281. The van der Waals surface area contributed by atoms with Crippen LogP contribution in [0.25, 0.3) is 0 Å². The zero-order valence-corrected chi connectivity index (χ0v) is 12.0. The SMILES string of the molecule is COc1cccc2c1N(C(=O)C1CCCCN1)CCC2. The van der Waals surface area contributed by atoms with Crippen molar-refractivity contribution in [2.24, 2.45) is 0 Å². The number of fused-ring (bicyclic) bond motifs is 1. The number of amides is 1. The molecule has 3 rings (SSSR count). The topological polar surface area (TPSA) is 41.6 Å². The molecule has 1 amide bonds. The Morgan fingerprint density at radius 1 is 1.35 bits per heavy atom. The van der Waals surface area contributed by atoms with Crippen molar-refractivity contribution in [3.05, 3.63) is 23.8 Å². The third kappa shape index (κ3) is 2.40. The van der Waals surface area contributed by atoms with E-state index in [1.54, 1.807) is 7.11 Å². The molecule has 0 spiro atoms. The Hall–Kier alpha value is -1.55. The first-order valence-electron chi connectivity index (χ1n) is 7.52. The molecule has 0 aliphatic carbocycles. The average molecular weight is 274 g/mol. The van der Waals surface area contributed by atoms with Gasteiger partial charge in [0.05, 0.1) is 18.8 Å². The summed E-state index contributed by atoms with van der Waals surface area (Å²) in [5.74, 6) is 1.02. The number of ether oxygens (including phenoxy) is 1. The molecule has 4 heteroatoms. The molecule has 1 aromatic rings. The predicted octanol–water partition coefficient (Wildman–Crippen LogP) is 2.12. The van der Waals surface area contributed by atoms with Gasteiger partial charge >= 0.3 is 0 Å². The Morgan fingerprint density at radius 3 is 3.00 bits per heavy atom. The Labute approximate surface area is 120 Å². The van der Waals surface area contributed by atoms with Gasteiger partial charge in [0.1, 0.15) is 5.75 Å². The van der Waals surface area contributed by atoms with Gasteiger partial charge in [-0.05, 0) is 43.9 Å². The summed E-state index contributed by atoms with van der Waals surface area (Å²) in [6.45, 7) is 1.74. The summed E-state index contributed by atoms with van der Waals surface area (Å²) in [6, 6.07) is 6.02. The number of nitrogens with zero attached hydrogens (tertiary/aromatic N) is 1. The van der Waals surface area contributed by atoms with Gasteiger partial charge in [0.2, 0.25) is 5.91 Å². The molecule has 2 heterocycles. The molecule has 2 aliphatic heterocycles. The molecule has 1 aromatic carbocycles. The van der Waals surface area contributed by atoms with E-state index >= 15 is 0 Å². The fraction of sp³-hybridized carbons (Fsp3) is 0.562. The summed E-state index contributed by atoms with van der Waals surface area (Å²) in [6.07, 6.45) is 5.30. The second-order valence-corrected chi connectivity index (χ2v) is 5.56. The quantitative estimate of drug-likeness (QED) is 0.898. The van der Waals surface area contributed by atoms with Crippen molar-refractivity contribution in [3.63, 3.8) is 0 Å². The second-order valence-electron chi connectivity index (χ2n) is 5.56. The molecule has 1 saturated heterocycles. The number of hydrogen-bond donors (Lipinski definition) is 1. The monoisotopic (exact) mass is 274 g/mol. The number of nitrogens with one attached hydrogen (secondary N) is 1. The van der Waals surface area contributed by atoms with Gasteiger partial charge in [-0.3, -0.25) is 4.79 Å². The lowest BCUT2D eigenvalue weighted by molar-refractivity contribution is -0.121. The van der Waals surface area contributed by atoms with Crippen molar-refractivity contribution < 1.29 is 9.53 Å². The average Bonchev–Trinajstić information content (AvgIpc) is 2.53. The van der Waals surface area contributed by atoms with Gasteiger partial charge < -0.3 is 15.0 Å². The Morgan fingerprint density at radius 2 is 2.25 bits per heavy atom. The van der Waals surface area contributed by atoms with E-state index in [9.17, 15) is 4.79 Å². The van der Waals surface area contributed by atoms with Crippen molar-refractivity contribution >= 4 is 11.6 Å². The van der Waals surface area contributed by atoms with E-state index in [1.807, 2.05) is 17.0 Å². The summed E-state index contributed by atoms with van der Waals surface area (Å²) >= 11 is 0. The predicted molar refractivity (Wildman–Crippen MR) is 79.3 cm³/mol. The second kappa shape index (κ2) is 5.83. The number of carbonyl (C=O) groups excluding carboxylic acids is 1. The Balaban J connectivity index is 1.90. The normalized spacial score (nSPS) is 22.2. The molecule has 108 valence electrons. The third-order valence-electron chi connectivity index (χ3n) is 4.27. The number of anilines is 1. The van der Waals surface area contributed by atoms with Gasteiger partial charge in [-0.1, -0.05) is 18.6 Å². The fourth-order valence-electron chi connectivity index (χ4n) is 3.25. The third-order valence-corrected chi connectivity index (χ3v) is 4.27. The number of benzene rings is 1. The summed E-state index contributed by atoms with van der Waals surface area (Å²) in [7, 11) is 1.67. The number of piperidine rings is 1. The van der Waals surface area contributed by atoms with E-state index in [0.717, 1.165) is 50.2 Å². The Bertz CT molecular complexity index is 481. The van der Waals surface area contributed by atoms with E-state index < -0.39 is 0 Å². The van der Waals surface area contributed by atoms with Gasteiger partial charge in [-0.15, -0.1) is 0 Å². The Kier molecular flexibility index (Phi) is 3.92. The van der Waals surface area contributed by atoms with Crippen LogP contribution in [0.15, 0.2) is 18.2 Å². The van der Waals surface area contributed by atoms with Crippen molar-refractivity contribution in [2.45, 2.75) is 38.1 Å². The number of para-hydroxylation sites is 1. The van der Waals surface area contributed by atoms with E-state index in [1.165, 1.54) is 12.0 Å². The molecule has 4 nitrogen and oxygen atoms in total. The highest BCUT2D eigenvalue weighted by atomic mass is 16.5. The number of carbonyl (C=O) groups is 1. The molecule has 0 radical (unpaired) electrons. The number of rotatable bonds is 2. The van der Waals surface area contributed by atoms with E-state index in [0.29, 0.717) is 0 Å². The molecule has 1 atom stereocenters. The molecule has 1 unspecified atom stereocenters. The van der Waals surface area contributed by atoms with Crippen LogP contribution in [0.4, 0.5) is 5.69 Å². The van der Waals surface area contributed by atoms with Crippen molar-refractivity contribution in [2.75, 3.05) is 25.1 Å². The van der Waals surface area contributed by atoms with Crippen LogP contribution in [0.5, 0.6) is 5.75 Å². The lowest BCUT2D eigenvalue weighted by Gasteiger charge is -2.34. The van der Waals surface area contributed by atoms with Crippen molar-refractivity contribution in [3.8, 4) is 5.75 Å². The van der Waals surface area contributed by atoms with E-state index in [4.69, 9.17) is 4.74 Å². The minimum Gasteiger partial charge on any atom is -0.495 e. The van der Waals surface area contributed by atoms with Crippen LogP contribution < -0.4 is 15.0 Å². The van der Waals surface area contributed by atoms with Crippen LogP contribution in [-0.2, 0) is 11.2 Å². The number of hydrogen-bond acceptors (Lipinski definition) is 3. The summed E-state index contributed by atoms with van der Waals surface area (Å²) in [5, 5.41) is 3.35. The maximum Gasteiger partial charge on any atom is 0.244 e. The van der Waals surface area contributed by atoms with E-state index in [2.05, 4.69) is 11.4 Å². The highest BCUT2D eigenvalue weighted by Gasteiger charge is 2.31. The molecule has 20 heavy (non-hydrogen) atoms. The highest BCUT2D eigenvalue weighted by Crippen LogP contribution is 2.36.